The third-order valence-electron chi connectivity index (χ3n) is 3.67. The molecule has 0 radical (unpaired) electrons. The van der Waals surface area contributed by atoms with Crippen LogP contribution in [0.5, 0.6) is 0 Å². The Morgan fingerprint density at radius 2 is 2.12 bits per heavy atom. The number of hydrogen-bond donors (Lipinski definition) is 2. The van der Waals surface area contributed by atoms with E-state index >= 15 is 0 Å². The van der Waals surface area contributed by atoms with Crippen molar-refractivity contribution < 1.29 is 22.4 Å². The van der Waals surface area contributed by atoms with Gasteiger partial charge in [0, 0.05) is 6.04 Å². The monoisotopic (exact) mass is 368 g/mol. The van der Waals surface area contributed by atoms with Gasteiger partial charge in [-0.2, -0.15) is 0 Å². The van der Waals surface area contributed by atoms with E-state index < -0.39 is 15.7 Å². The number of sulfone groups is 1. The van der Waals surface area contributed by atoms with Crippen LogP contribution in [0, 0.1) is 6.92 Å². The predicted molar refractivity (Wildman–Crippen MR) is 90.2 cm³/mol. The van der Waals surface area contributed by atoms with Crippen molar-refractivity contribution >= 4 is 38.0 Å². The molecule has 3 rings (SSSR count). The number of carbonyl (C=O) groups is 2. The van der Waals surface area contributed by atoms with Gasteiger partial charge < -0.3 is 15.1 Å². The Kier molecular flexibility index (Phi) is 4.46. The minimum atomic E-state index is -3.05. The number of thiophene rings is 1. The van der Waals surface area contributed by atoms with Gasteiger partial charge in [-0.3, -0.25) is 9.59 Å². The molecule has 0 aliphatic carbocycles. The van der Waals surface area contributed by atoms with Crippen molar-refractivity contribution in [1.29, 1.82) is 0 Å². The van der Waals surface area contributed by atoms with E-state index in [4.69, 9.17) is 4.42 Å². The van der Waals surface area contributed by atoms with Crippen LogP contribution in [-0.2, 0) is 9.84 Å². The minimum absolute atomic E-state index is 0.0226. The smallest absolute Gasteiger partial charge is 0.291 e. The molecular formula is C15H16N2O5S2. The molecule has 0 spiro atoms. The highest BCUT2D eigenvalue weighted by Crippen LogP contribution is 2.27. The van der Waals surface area contributed by atoms with Crippen LogP contribution < -0.4 is 10.6 Å². The first kappa shape index (κ1) is 16.7. The van der Waals surface area contributed by atoms with Crippen LogP contribution in [-0.4, -0.2) is 37.8 Å². The van der Waals surface area contributed by atoms with Crippen LogP contribution >= 0.6 is 11.3 Å². The van der Waals surface area contributed by atoms with Gasteiger partial charge in [-0.05, 0) is 37.1 Å². The standard InChI is InChI=1S/C15H16N2O5S2/c1-9-7-12(17-14(18)11-3-2-5-22-11)23-13(9)15(19)16-10-4-6-24(20,21)8-10/h2-3,5,7,10H,4,6,8H2,1H3,(H,16,19)(H,17,18). The van der Waals surface area contributed by atoms with Crippen LogP contribution in [0.25, 0.3) is 0 Å². The van der Waals surface area contributed by atoms with Gasteiger partial charge in [0.2, 0.25) is 0 Å². The lowest BCUT2D eigenvalue weighted by Crippen LogP contribution is -2.35. The van der Waals surface area contributed by atoms with Gasteiger partial charge in [0.15, 0.2) is 15.6 Å². The van der Waals surface area contributed by atoms with Crippen LogP contribution in [0.15, 0.2) is 28.9 Å². The molecule has 0 saturated carbocycles. The second-order valence-corrected chi connectivity index (χ2v) is 8.91. The Morgan fingerprint density at radius 1 is 1.33 bits per heavy atom. The predicted octanol–water partition coefficient (Wildman–Crippen LogP) is 1.82. The zero-order chi connectivity index (χ0) is 17.3. The third kappa shape index (κ3) is 3.68. The Morgan fingerprint density at radius 3 is 2.75 bits per heavy atom. The summed E-state index contributed by atoms with van der Waals surface area (Å²) in [5, 5.41) is 5.95. The Labute approximate surface area is 143 Å². The van der Waals surface area contributed by atoms with Gasteiger partial charge in [0.1, 0.15) is 0 Å². The Balaban J connectivity index is 1.67. The van der Waals surface area contributed by atoms with E-state index in [1.54, 1.807) is 25.1 Å². The lowest BCUT2D eigenvalue weighted by molar-refractivity contribution is 0.0943. The van der Waals surface area contributed by atoms with Gasteiger partial charge in [-0.15, -0.1) is 11.3 Å². The Hall–Kier alpha value is -2.13. The fraction of sp³-hybridized carbons (Fsp3) is 0.333. The first-order valence-corrected chi connectivity index (χ1v) is 9.94. The molecule has 1 atom stereocenters. The van der Waals surface area contributed by atoms with E-state index in [9.17, 15) is 18.0 Å². The quantitative estimate of drug-likeness (QED) is 0.856. The molecule has 9 heteroatoms. The summed E-state index contributed by atoms with van der Waals surface area (Å²) < 4.78 is 27.9. The summed E-state index contributed by atoms with van der Waals surface area (Å²) in [6.07, 6.45) is 1.84. The Bertz CT molecular complexity index is 868. The highest BCUT2D eigenvalue weighted by atomic mass is 32.2. The van der Waals surface area contributed by atoms with Crippen LogP contribution in [0.1, 0.15) is 32.2 Å². The van der Waals surface area contributed by atoms with Gasteiger partial charge in [-0.1, -0.05) is 0 Å². The summed E-state index contributed by atoms with van der Waals surface area (Å²) in [7, 11) is -3.05. The number of rotatable bonds is 4. The number of hydrogen-bond acceptors (Lipinski definition) is 6. The molecule has 1 fully saturated rings. The van der Waals surface area contributed by atoms with Gasteiger partial charge >= 0.3 is 0 Å². The fourth-order valence-corrected chi connectivity index (χ4v) is 5.15. The van der Waals surface area contributed by atoms with Crippen LogP contribution in [0.2, 0.25) is 0 Å². The molecule has 128 valence electrons. The van der Waals surface area contributed by atoms with Crippen molar-refractivity contribution in [1.82, 2.24) is 5.32 Å². The normalized spacial score (nSPS) is 19.1. The summed E-state index contributed by atoms with van der Waals surface area (Å²) in [5.74, 6) is -0.451. The van der Waals surface area contributed by atoms with Gasteiger partial charge in [0.05, 0.1) is 27.6 Å². The van der Waals surface area contributed by atoms with Crippen LogP contribution in [0.4, 0.5) is 5.00 Å². The number of anilines is 1. The first-order chi connectivity index (χ1) is 11.3. The average Bonchev–Trinajstić information content (AvgIpc) is 3.20. The topological polar surface area (TPSA) is 105 Å². The molecule has 1 saturated heterocycles. The molecule has 7 nitrogen and oxygen atoms in total. The molecular weight excluding hydrogens is 352 g/mol. The summed E-state index contributed by atoms with van der Waals surface area (Å²) in [5.41, 5.74) is 0.716. The van der Waals surface area contributed by atoms with Crippen molar-refractivity contribution in [2.45, 2.75) is 19.4 Å². The molecule has 1 unspecified atom stereocenters. The second kappa shape index (κ2) is 6.40. The molecule has 1 aliphatic heterocycles. The summed E-state index contributed by atoms with van der Waals surface area (Å²) in [6.45, 7) is 1.76. The van der Waals surface area contributed by atoms with Crippen molar-refractivity contribution in [2.75, 3.05) is 16.8 Å². The highest BCUT2D eigenvalue weighted by Gasteiger charge is 2.29. The van der Waals surface area contributed by atoms with Crippen LogP contribution in [0.3, 0.4) is 0 Å². The fourth-order valence-electron chi connectivity index (χ4n) is 2.51. The molecule has 2 aromatic heterocycles. The van der Waals surface area contributed by atoms with E-state index in [1.807, 2.05) is 0 Å². The SMILES string of the molecule is Cc1cc(NC(=O)c2ccco2)sc1C(=O)NC1CCS(=O)(=O)C1. The minimum Gasteiger partial charge on any atom is -0.459 e. The van der Waals surface area contributed by atoms with E-state index in [1.165, 1.54) is 6.26 Å². The van der Waals surface area contributed by atoms with E-state index in [2.05, 4.69) is 10.6 Å². The summed E-state index contributed by atoms with van der Waals surface area (Å²) >= 11 is 1.14. The largest absolute Gasteiger partial charge is 0.459 e. The first-order valence-electron chi connectivity index (χ1n) is 7.30. The van der Waals surface area contributed by atoms with Gasteiger partial charge in [-0.25, -0.2) is 8.42 Å². The lowest BCUT2D eigenvalue weighted by atomic mass is 10.2. The number of carbonyl (C=O) groups excluding carboxylic acids is 2. The number of amides is 2. The van der Waals surface area contributed by atoms with Crippen molar-refractivity contribution in [3.63, 3.8) is 0 Å². The maximum absolute atomic E-state index is 12.3. The molecule has 0 bridgehead atoms. The maximum atomic E-state index is 12.3. The van der Waals surface area contributed by atoms with E-state index in [0.717, 1.165) is 11.3 Å². The summed E-state index contributed by atoms with van der Waals surface area (Å²) in [4.78, 5) is 24.7. The molecule has 2 aromatic rings. The maximum Gasteiger partial charge on any atom is 0.291 e. The zero-order valence-corrected chi connectivity index (χ0v) is 14.5. The summed E-state index contributed by atoms with van der Waals surface area (Å²) in [6, 6.07) is 4.50. The van der Waals surface area contributed by atoms with E-state index in [0.29, 0.717) is 21.9 Å². The van der Waals surface area contributed by atoms with Crippen molar-refractivity contribution in [3.8, 4) is 0 Å². The number of furan rings is 1. The molecule has 2 N–H and O–H groups in total. The third-order valence-corrected chi connectivity index (χ3v) is 6.59. The van der Waals surface area contributed by atoms with E-state index in [-0.39, 0.29) is 29.2 Å². The molecule has 2 amide bonds. The molecule has 3 heterocycles. The van der Waals surface area contributed by atoms with Crippen molar-refractivity contribution in [3.05, 3.63) is 40.7 Å². The highest BCUT2D eigenvalue weighted by molar-refractivity contribution is 7.91. The molecule has 1 aliphatic rings. The average molecular weight is 368 g/mol. The molecule has 0 aromatic carbocycles. The molecule has 24 heavy (non-hydrogen) atoms. The zero-order valence-electron chi connectivity index (χ0n) is 12.9. The number of aryl methyl sites for hydroxylation is 1. The van der Waals surface area contributed by atoms with Crippen molar-refractivity contribution in [2.24, 2.45) is 0 Å². The number of nitrogens with one attached hydrogen (secondary N) is 2. The lowest BCUT2D eigenvalue weighted by Gasteiger charge is -2.09. The second-order valence-electron chi connectivity index (χ2n) is 5.63. The van der Waals surface area contributed by atoms with Gasteiger partial charge in [0.25, 0.3) is 11.8 Å².